The van der Waals surface area contributed by atoms with E-state index in [0.29, 0.717) is 0 Å². The number of rotatable bonds is 1. The summed E-state index contributed by atoms with van der Waals surface area (Å²) < 4.78 is 4.84. The molecular formula is C9H21AuO5PS+. The van der Waals surface area contributed by atoms with E-state index in [2.05, 4.69) is 32.6 Å². The molecule has 1 aliphatic rings. The molecule has 0 spiro atoms. The van der Waals surface area contributed by atoms with Crippen LogP contribution in [0.25, 0.3) is 0 Å². The van der Waals surface area contributed by atoms with Crippen LogP contribution in [0, 0.1) is 0 Å². The third-order valence-electron chi connectivity index (χ3n) is 1.85. The Labute approximate surface area is 124 Å². The second-order valence-corrected chi connectivity index (χ2v) is 7.66. The molecule has 0 aromatic heterocycles. The predicted molar refractivity (Wildman–Crippen MR) is 67.2 cm³/mol. The van der Waals surface area contributed by atoms with E-state index in [9.17, 15) is 5.11 Å². The SMILES string of the molecule is C[PH+](C)C.OCC1O[C@@H]([S-])C(O)[C@@H](O)[C@H]1O.[Au+]. The van der Waals surface area contributed by atoms with Crippen molar-refractivity contribution >= 4 is 20.6 Å². The minimum absolute atomic E-state index is 0. The number of aliphatic hydroxyl groups is 4. The van der Waals surface area contributed by atoms with Crippen molar-refractivity contribution in [3.05, 3.63) is 0 Å². The van der Waals surface area contributed by atoms with Gasteiger partial charge < -0.3 is 37.8 Å². The van der Waals surface area contributed by atoms with Crippen LogP contribution in [0.5, 0.6) is 0 Å². The summed E-state index contributed by atoms with van der Waals surface area (Å²) in [5, 5.41) is 36.1. The summed E-state index contributed by atoms with van der Waals surface area (Å²) in [4.78, 5) is 0. The van der Waals surface area contributed by atoms with Gasteiger partial charge in [0.2, 0.25) is 0 Å². The maximum absolute atomic E-state index is 9.18. The Bertz CT molecular complexity index is 193. The van der Waals surface area contributed by atoms with Gasteiger partial charge >= 0.3 is 22.4 Å². The number of hydrogen-bond acceptors (Lipinski definition) is 6. The first-order valence-corrected chi connectivity index (χ1v) is 8.51. The quantitative estimate of drug-likeness (QED) is 0.211. The molecule has 2 unspecified atom stereocenters. The predicted octanol–water partition coefficient (Wildman–Crippen LogP) is -1.58. The van der Waals surface area contributed by atoms with Crippen LogP contribution in [0.2, 0.25) is 0 Å². The van der Waals surface area contributed by atoms with Gasteiger partial charge in [0.05, 0.1) is 12.7 Å². The molecule has 1 fully saturated rings. The molecule has 1 saturated heterocycles. The molecule has 108 valence electrons. The molecule has 1 rings (SSSR count). The first kappa shape index (κ1) is 20.6. The van der Waals surface area contributed by atoms with E-state index in [-0.39, 0.29) is 30.3 Å². The Hall–Kier alpha value is 1.32. The van der Waals surface area contributed by atoms with E-state index in [1.807, 2.05) is 0 Å². The van der Waals surface area contributed by atoms with Gasteiger partial charge in [-0.25, -0.2) is 0 Å². The van der Waals surface area contributed by atoms with E-state index < -0.39 is 36.5 Å². The van der Waals surface area contributed by atoms with Crippen LogP contribution in [0.1, 0.15) is 0 Å². The Balaban J connectivity index is 0. The van der Waals surface area contributed by atoms with E-state index in [1.165, 1.54) is 0 Å². The second kappa shape index (κ2) is 10.1. The fourth-order valence-corrected chi connectivity index (χ4v) is 1.37. The minimum atomic E-state index is -1.35. The molecule has 0 saturated carbocycles. The zero-order valence-corrected chi connectivity index (χ0v) is 14.0. The first-order valence-electron chi connectivity index (χ1n) is 5.04. The maximum atomic E-state index is 9.18. The van der Waals surface area contributed by atoms with Crippen molar-refractivity contribution in [2.24, 2.45) is 0 Å². The van der Waals surface area contributed by atoms with Crippen molar-refractivity contribution in [3.63, 3.8) is 0 Å². The maximum Gasteiger partial charge on any atom is 1.00 e. The van der Waals surface area contributed by atoms with Gasteiger partial charge in [-0.1, -0.05) is 0 Å². The molecular weight excluding hydrogens is 448 g/mol. The molecule has 4 N–H and O–H groups in total. The van der Waals surface area contributed by atoms with Gasteiger partial charge in [0.25, 0.3) is 0 Å². The van der Waals surface area contributed by atoms with Crippen molar-refractivity contribution < 1.29 is 47.5 Å². The fraction of sp³-hybridized carbons (Fsp3) is 1.00. The Morgan fingerprint density at radius 1 is 1.06 bits per heavy atom. The molecule has 0 radical (unpaired) electrons. The van der Waals surface area contributed by atoms with Crippen molar-refractivity contribution in [2.75, 3.05) is 26.6 Å². The average molecular weight is 469 g/mol. The summed E-state index contributed by atoms with van der Waals surface area (Å²) in [6, 6.07) is 0. The van der Waals surface area contributed by atoms with E-state index >= 15 is 0 Å². The minimum Gasteiger partial charge on any atom is -0.759 e. The van der Waals surface area contributed by atoms with Gasteiger partial charge in [-0.05, 0) is 13.4 Å². The summed E-state index contributed by atoms with van der Waals surface area (Å²) in [7, 11) is 0.120. The van der Waals surface area contributed by atoms with Crippen LogP contribution >= 0.6 is 7.92 Å². The van der Waals surface area contributed by atoms with Crippen LogP contribution in [-0.2, 0) is 39.7 Å². The fourth-order valence-electron chi connectivity index (χ4n) is 1.07. The Morgan fingerprint density at radius 3 is 1.82 bits per heavy atom. The molecule has 1 aliphatic heterocycles. The molecule has 5 atom stereocenters. The van der Waals surface area contributed by atoms with Crippen molar-refractivity contribution in [2.45, 2.75) is 29.9 Å². The van der Waals surface area contributed by atoms with E-state index in [0.717, 1.165) is 0 Å². The van der Waals surface area contributed by atoms with Gasteiger partial charge in [0.1, 0.15) is 18.3 Å². The third-order valence-corrected chi connectivity index (χ3v) is 2.24. The molecule has 0 aromatic carbocycles. The number of hydrogen-bond donors (Lipinski definition) is 4. The van der Waals surface area contributed by atoms with Gasteiger partial charge in [-0.15, -0.1) is 0 Å². The van der Waals surface area contributed by atoms with Crippen molar-refractivity contribution in [1.82, 2.24) is 0 Å². The summed E-state index contributed by atoms with van der Waals surface area (Å²) in [5.41, 5.74) is -0.986. The summed E-state index contributed by atoms with van der Waals surface area (Å²) in [6.45, 7) is 6.37. The zero-order chi connectivity index (χ0) is 12.9. The van der Waals surface area contributed by atoms with Gasteiger partial charge in [-0.3, -0.25) is 0 Å². The molecule has 0 aromatic rings. The van der Waals surface area contributed by atoms with Crippen LogP contribution < -0.4 is 0 Å². The first-order chi connectivity index (χ1) is 7.31. The molecule has 0 aliphatic carbocycles. The van der Waals surface area contributed by atoms with Gasteiger partial charge in [0.15, 0.2) is 0 Å². The molecule has 0 bridgehead atoms. The van der Waals surface area contributed by atoms with Crippen molar-refractivity contribution in [3.8, 4) is 0 Å². The molecule has 0 amide bonds. The van der Waals surface area contributed by atoms with E-state index in [4.69, 9.17) is 20.1 Å². The van der Waals surface area contributed by atoms with Crippen LogP contribution in [0.3, 0.4) is 0 Å². The monoisotopic (exact) mass is 469 g/mol. The van der Waals surface area contributed by atoms with Crippen LogP contribution in [0.15, 0.2) is 0 Å². The van der Waals surface area contributed by atoms with Crippen LogP contribution in [0.4, 0.5) is 0 Å². The molecule has 1 heterocycles. The normalized spacial score (nSPS) is 36.9. The standard InChI is InChI=1S/C6H12O5S.C3H9P.Au/c7-1-2-3(8)4(9)5(10)6(12)11-2;1-4(2)3;/h2-10,12H,1H2;1-3H3;/q;;+1/t2?,3-,4-,5?,6-;;/m0../s1. The number of aliphatic hydroxyl groups excluding tert-OH is 4. The van der Waals surface area contributed by atoms with Gasteiger partial charge in [0, 0.05) is 20.0 Å². The Kier molecular flexibility index (Phi) is 12.3. The van der Waals surface area contributed by atoms with Crippen molar-refractivity contribution in [1.29, 1.82) is 0 Å². The smallest absolute Gasteiger partial charge is 0.759 e. The van der Waals surface area contributed by atoms with Crippen LogP contribution in [-0.4, -0.2) is 76.9 Å². The average Bonchev–Trinajstić information content (AvgIpc) is 2.19. The topological polar surface area (TPSA) is 90.2 Å². The zero-order valence-electron chi connectivity index (χ0n) is 10.0. The summed E-state index contributed by atoms with van der Waals surface area (Å²) in [5.74, 6) is 0. The second-order valence-electron chi connectivity index (χ2n) is 4.20. The summed E-state index contributed by atoms with van der Waals surface area (Å²) >= 11 is 4.63. The van der Waals surface area contributed by atoms with Gasteiger partial charge in [-0.2, -0.15) is 0 Å². The largest absolute Gasteiger partial charge is 1.00 e. The molecule has 5 nitrogen and oxygen atoms in total. The molecule has 17 heavy (non-hydrogen) atoms. The third kappa shape index (κ3) is 7.48. The van der Waals surface area contributed by atoms with E-state index in [1.54, 1.807) is 0 Å². The number of ether oxygens (including phenoxy) is 1. The Morgan fingerprint density at radius 2 is 1.47 bits per heavy atom. The summed E-state index contributed by atoms with van der Waals surface area (Å²) in [6.07, 6.45) is -4.83. The molecule has 8 heteroatoms.